The van der Waals surface area contributed by atoms with E-state index in [2.05, 4.69) is 70.2 Å². The molecule has 13 nitrogen and oxygen atoms in total. The number of aliphatic imine (C=N–C) groups is 1. The van der Waals surface area contributed by atoms with E-state index in [0.717, 1.165) is 106 Å². The van der Waals surface area contributed by atoms with Gasteiger partial charge in [-0.25, -0.2) is 4.99 Å². The van der Waals surface area contributed by atoms with E-state index in [0.29, 0.717) is 24.6 Å². The Balaban J connectivity index is 1.59. The van der Waals surface area contributed by atoms with Gasteiger partial charge in [-0.3, -0.25) is 19.4 Å². The molecule has 0 bridgehead atoms. The van der Waals surface area contributed by atoms with Crippen molar-refractivity contribution in [3.05, 3.63) is 64.4 Å². The second-order valence-electron chi connectivity index (χ2n) is 13.2. The van der Waals surface area contributed by atoms with Crippen LogP contribution in [0.25, 0.3) is 12.4 Å². The van der Waals surface area contributed by atoms with Crippen LogP contribution in [0, 0.1) is 0 Å². The van der Waals surface area contributed by atoms with E-state index in [1.807, 2.05) is 12.3 Å². The lowest BCUT2D eigenvalue weighted by atomic mass is 10.1. The average Bonchev–Trinajstić information content (AvgIpc) is 3.48. The Morgan fingerprint density at radius 1 is 1.04 bits per heavy atom. The van der Waals surface area contributed by atoms with Crippen molar-refractivity contribution >= 4 is 41.9 Å². The Hall–Kier alpha value is -3.98. The summed E-state index contributed by atoms with van der Waals surface area (Å²) in [6.07, 6.45) is 6.89. The van der Waals surface area contributed by atoms with Crippen LogP contribution in [-0.2, 0) is 22.7 Å². The SMILES string of the molecule is C=C(NCCN1CCN(Cc2ccc(Cn3ccc(=C)/c3=C(\N=C(\N)CCC)NCCCCC)c(OC)c2)CC1)C(CC(=O)O)SCC(N)C(=O)O. The fraction of sp³-hybridized carbons (Fsp3) is 0.553. The molecule has 0 radical (unpaired) electrons. The molecule has 1 saturated heterocycles. The number of thioether (sulfide) groups is 1. The first-order chi connectivity index (χ1) is 24.9. The van der Waals surface area contributed by atoms with Crippen LogP contribution < -0.4 is 37.4 Å². The summed E-state index contributed by atoms with van der Waals surface area (Å²) in [4.78, 5) is 32.0. The van der Waals surface area contributed by atoms with Crippen molar-refractivity contribution in [3.8, 4) is 5.75 Å². The molecule has 2 unspecified atom stereocenters. The van der Waals surface area contributed by atoms with E-state index in [9.17, 15) is 14.7 Å². The van der Waals surface area contributed by atoms with Gasteiger partial charge in [0, 0.05) is 82.0 Å². The minimum Gasteiger partial charge on any atom is -0.496 e. The maximum absolute atomic E-state index is 11.4. The van der Waals surface area contributed by atoms with Crippen molar-refractivity contribution in [1.29, 1.82) is 0 Å². The molecule has 1 fully saturated rings. The fourth-order valence-corrected chi connectivity index (χ4v) is 7.13. The van der Waals surface area contributed by atoms with Gasteiger partial charge in [-0.2, -0.15) is 0 Å². The monoisotopic (exact) mass is 740 g/mol. The van der Waals surface area contributed by atoms with Crippen LogP contribution in [0.1, 0.15) is 63.5 Å². The third kappa shape index (κ3) is 13.9. The largest absolute Gasteiger partial charge is 0.496 e. The fourth-order valence-electron chi connectivity index (χ4n) is 6.00. The molecular weight excluding hydrogens is 681 g/mol. The van der Waals surface area contributed by atoms with E-state index in [1.165, 1.54) is 17.3 Å². The minimum absolute atomic E-state index is 0.108. The number of carbonyl (C=O) groups is 2. The number of rotatable bonds is 24. The average molecular weight is 741 g/mol. The number of hydrogen-bond donors (Lipinski definition) is 6. The van der Waals surface area contributed by atoms with Crippen LogP contribution in [0.3, 0.4) is 0 Å². The maximum Gasteiger partial charge on any atom is 0.321 e. The van der Waals surface area contributed by atoms with Crippen molar-refractivity contribution in [2.24, 2.45) is 16.5 Å². The number of carboxylic acid groups (broad SMARTS) is 2. The predicted octanol–water partition coefficient (Wildman–Crippen LogP) is 2.17. The lowest BCUT2D eigenvalue weighted by Gasteiger charge is -2.35. The number of nitrogens with one attached hydrogen (secondary N) is 2. The van der Waals surface area contributed by atoms with Crippen molar-refractivity contribution in [2.75, 3.05) is 58.7 Å². The number of hydrogen-bond acceptors (Lipinski definition) is 10. The summed E-state index contributed by atoms with van der Waals surface area (Å²) in [6.45, 7) is 19.9. The molecule has 1 aliphatic heterocycles. The normalized spacial score (nSPS) is 15.9. The zero-order valence-corrected chi connectivity index (χ0v) is 32.1. The molecule has 1 aliphatic rings. The van der Waals surface area contributed by atoms with E-state index >= 15 is 0 Å². The minimum atomic E-state index is -1.11. The van der Waals surface area contributed by atoms with Crippen LogP contribution in [0.4, 0.5) is 0 Å². The van der Waals surface area contributed by atoms with Gasteiger partial charge < -0.3 is 41.6 Å². The number of unbranched alkanes of at least 4 members (excludes halogenated alkanes) is 2. The predicted molar refractivity (Wildman–Crippen MR) is 212 cm³/mol. The highest BCUT2D eigenvalue weighted by Crippen LogP contribution is 2.23. The third-order valence-corrected chi connectivity index (χ3v) is 10.4. The van der Waals surface area contributed by atoms with Crippen LogP contribution in [0.15, 0.2) is 47.7 Å². The van der Waals surface area contributed by atoms with Gasteiger partial charge >= 0.3 is 11.9 Å². The van der Waals surface area contributed by atoms with Gasteiger partial charge in [-0.1, -0.05) is 52.0 Å². The molecular formula is C38H60N8O5S. The highest BCUT2D eigenvalue weighted by atomic mass is 32.2. The van der Waals surface area contributed by atoms with Gasteiger partial charge in [-0.15, -0.1) is 11.8 Å². The molecule has 0 amide bonds. The Labute approximate surface area is 312 Å². The number of benzene rings is 1. The van der Waals surface area contributed by atoms with Crippen molar-refractivity contribution in [1.82, 2.24) is 25.0 Å². The molecule has 8 N–H and O–H groups in total. The lowest BCUT2D eigenvalue weighted by Crippen LogP contribution is -2.47. The van der Waals surface area contributed by atoms with Crippen molar-refractivity contribution in [2.45, 2.75) is 76.8 Å². The summed E-state index contributed by atoms with van der Waals surface area (Å²) in [6, 6.07) is 7.40. The standard InChI is InChI=1S/C38H60N8O5S/c1-6-8-9-14-42-37(43-34(40)10-7-2)36-27(3)13-16-46(36)25-30-12-11-29(22-32(30)51-5)24-45-20-18-44(19-21-45)17-15-41-28(4)33(23-35(47)48)52-26-31(39)38(49)50/h11-13,16,22,31,33,41-42H,3-4,6-10,14-15,17-21,23-26,39H2,1-2,5H3,(H2,40,43)(H,47,48)(H,49,50)/b37-36+. The summed E-state index contributed by atoms with van der Waals surface area (Å²) in [5, 5.41) is 26.5. The molecule has 14 heteroatoms. The molecule has 288 valence electrons. The highest BCUT2D eigenvalue weighted by molar-refractivity contribution is 8.00. The van der Waals surface area contributed by atoms with Gasteiger partial charge in [0.05, 0.1) is 30.7 Å². The maximum atomic E-state index is 11.4. The number of piperazine rings is 1. The summed E-state index contributed by atoms with van der Waals surface area (Å²) >= 11 is 1.20. The lowest BCUT2D eigenvalue weighted by molar-refractivity contribution is -0.138. The van der Waals surface area contributed by atoms with E-state index < -0.39 is 23.2 Å². The number of ether oxygens (including phenoxy) is 1. The number of carboxylic acids is 2. The number of amidine groups is 1. The molecule has 2 atom stereocenters. The van der Waals surface area contributed by atoms with Crippen LogP contribution >= 0.6 is 11.8 Å². The molecule has 3 rings (SSSR count). The van der Waals surface area contributed by atoms with Gasteiger partial charge in [0.25, 0.3) is 0 Å². The highest BCUT2D eigenvalue weighted by Gasteiger charge is 2.22. The Kier molecular flexibility index (Phi) is 18.1. The van der Waals surface area contributed by atoms with E-state index in [1.54, 1.807) is 7.11 Å². The molecule has 2 aromatic rings. The van der Waals surface area contributed by atoms with Crippen molar-refractivity contribution < 1.29 is 24.5 Å². The summed E-state index contributed by atoms with van der Waals surface area (Å²) in [7, 11) is 1.71. The molecule has 1 aromatic heterocycles. The van der Waals surface area contributed by atoms with Gasteiger partial charge in [0.2, 0.25) is 0 Å². The smallest absolute Gasteiger partial charge is 0.321 e. The Morgan fingerprint density at radius 3 is 2.42 bits per heavy atom. The van der Waals surface area contributed by atoms with Gasteiger partial charge in [0.1, 0.15) is 17.6 Å². The zero-order valence-electron chi connectivity index (χ0n) is 31.2. The molecule has 1 aromatic carbocycles. The first kappa shape index (κ1) is 42.4. The first-order valence-electron chi connectivity index (χ1n) is 18.3. The zero-order chi connectivity index (χ0) is 38.0. The first-order valence-corrected chi connectivity index (χ1v) is 19.3. The topological polar surface area (TPSA) is 184 Å². The molecule has 0 saturated carbocycles. The van der Waals surface area contributed by atoms with E-state index in [4.69, 9.17) is 26.3 Å². The van der Waals surface area contributed by atoms with Gasteiger partial charge in [0.15, 0.2) is 5.82 Å². The Bertz CT molecular complexity index is 1600. The van der Waals surface area contributed by atoms with E-state index in [-0.39, 0.29) is 12.2 Å². The van der Waals surface area contributed by atoms with Crippen LogP contribution in [0.5, 0.6) is 5.75 Å². The number of nitrogens with two attached hydrogens (primary N) is 2. The van der Waals surface area contributed by atoms with Crippen LogP contribution in [0.2, 0.25) is 0 Å². The summed E-state index contributed by atoms with van der Waals surface area (Å²) in [5.74, 6) is 0.228. The van der Waals surface area contributed by atoms with Crippen LogP contribution in [-0.4, -0.2) is 112 Å². The van der Waals surface area contributed by atoms with Crippen molar-refractivity contribution in [3.63, 3.8) is 0 Å². The molecule has 0 spiro atoms. The number of aromatic nitrogens is 1. The summed E-state index contributed by atoms with van der Waals surface area (Å²) in [5.41, 5.74) is 14.7. The quantitative estimate of drug-likeness (QED) is 0.0525. The number of aliphatic carboxylic acids is 2. The molecule has 0 aliphatic carbocycles. The third-order valence-electron chi connectivity index (χ3n) is 8.99. The number of nitrogens with zero attached hydrogens (tertiary/aromatic N) is 4. The number of methoxy groups -OCH3 is 1. The molecule has 2 heterocycles. The van der Waals surface area contributed by atoms with Gasteiger partial charge in [-0.05, 0) is 35.8 Å². The summed E-state index contributed by atoms with van der Waals surface area (Å²) < 4.78 is 8.05. The second-order valence-corrected chi connectivity index (χ2v) is 14.5. The molecule has 52 heavy (non-hydrogen) atoms. The Morgan fingerprint density at radius 2 is 1.77 bits per heavy atom. The second kappa shape index (κ2) is 22.2.